The molecule has 3 N–H and O–H groups in total. The first-order valence-corrected chi connectivity index (χ1v) is 8.71. The maximum atomic E-state index is 5.85. The van der Waals surface area contributed by atoms with Gasteiger partial charge in [-0.1, -0.05) is 61.9 Å². The van der Waals surface area contributed by atoms with Crippen LogP contribution in [0.15, 0.2) is 58.6 Å². The quantitative estimate of drug-likeness (QED) is 0.240. The molecule has 0 bridgehead atoms. The number of benzene rings is 3. The summed E-state index contributed by atoms with van der Waals surface area (Å²) in [6, 6.07) is 16.8. The Morgan fingerprint density at radius 3 is 2.12 bits per heavy atom. The molecule has 4 nitrogen and oxygen atoms in total. The summed E-state index contributed by atoms with van der Waals surface area (Å²) in [5.74, 6) is 0.352. The van der Waals surface area contributed by atoms with Crippen molar-refractivity contribution in [1.82, 2.24) is 5.43 Å². The summed E-state index contributed by atoms with van der Waals surface area (Å²) in [4.78, 5) is 4.25. The van der Waals surface area contributed by atoms with Crippen LogP contribution in [0.4, 0.5) is 0 Å². The van der Waals surface area contributed by atoms with Crippen LogP contribution >= 0.6 is 0 Å². The van der Waals surface area contributed by atoms with Crippen molar-refractivity contribution in [1.29, 1.82) is 0 Å². The molecule has 0 unspecified atom stereocenters. The molecule has 3 aromatic rings. The molecule has 0 fully saturated rings. The third kappa shape index (κ3) is 3.63. The van der Waals surface area contributed by atoms with E-state index in [-0.39, 0.29) is 0 Å². The fourth-order valence-electron chi connectivity index (χ4n) is 3.08. The second kappa shape index (κ2) is 7.79. The van der Waals surface area contributed by atoms with E-state index in [2.05, 4.69) is 77.9 Å². The largest absolute Gasteiger partial charge is 0.369 e. The number of nitrogens with two attached hydrogens (primary N) is 1. The van der Waals surface area contributed by atoms with Crippen molar-refractivity contribution in [2.75, 3.05) is 6.54 Å². The van der Waals surface area contributed by atoms with Crippen molar-refractivity contribution in [3.05, 3.63) is 59.7 Å². The Kier molecular flexibility index (Phi) is 5.29. The lowest BCUT2D eigenvalue weighted by atomic mass is 9.93. The van der Waals surface area contributed by atoms with Crippen LogP contribution in [0.3, 0.4) is 0 Å². The van der Waals surface area contributed by atoms with E-state index in [1.54, 1.807) is 0 Å². The number of hydrogen-bond acceptors (Lipinski definition) is 2. The van der Waals surface area contributed by atoms with Crippen LogP contribution < -0.4 is 11.2 Å². The molecule has 25 heavy (non-hydrogen) atoms. The minimum absolute atomic E-state index is 0.352. The Balaban J connectivity index is 2.01. The van der Waals surface area contributed by atoms with Crippen LogP contribution in [0, 0.1) is 6.92 Å². The van der Waals surface area contributed by atoms with Gasteiger partial charge in [0.1, 0.15) is 0 Å². The number of aliphatic imine (C=N–C) groups is 1. The Morgan fingerprint density at radius 1 is 1.00 bits per heavy atom. The summed E-state index contributed by atoms with van der Waals surface area (Å²) in [5.41, 5.74) is 11.1. The highest BCUT2D eigenvalue weighted by Crippen LogP contribution is 2.31. The van der Waals surface area contributed by atoms with Gasteiger partial charge in [-0.2, -0.15) is 5.10 Å². The van der Waals surface area contributed by atoms with E-state index in [0.29, 0.717) is 5.96 Å². The summed E-state index contributed by atoms with van der Waals surface area (Å²) in [6.07, 6.45) is 3.97. The SMILES string of the molecule is CCCCN=C(N)NN=Cc1c2ccccc2c(C)c2ccccc12. The molecule has 0 atom stereocenters. The topological polar surface area (TPSA) is 62.8 Å². The van der Waals surface area contributed by atoms with E-state index in [1.165, 1.54) is 27.1 Å². The molecule has 0 aliphatic carbocycles. The molecular weight excluding hydrogens is 308 g/mol. The number of hydrazone groups is 1. The highest BCUT2D eigenvalue weighted by atomic mass is 15.3. The van der Waals surface area contributed by atoms with Crippen molar-refractivity contribution < 1.29 is 0 Å². The standard InChI is InChI=1S/C21H24N4/c1-3-4-13-23-21(22)25-24-14-20-18-11-7-5-9-16(18)15(2)17-10-6-8-12-19(17)20/h5-12,14H,3-4,13H2,1-2H3,(H3,22,23,25). The zero-order valence-electron chi connectivity index (χ0n) is 14.8. The van der Waals surface area contributed by atoms with Crippen LogP contribution in [0.2, 0.25) is 0 Å². The molecule has 0 amide bonds. The molecule has 0 aliphatic heterocycles. The van der Waals surface area contributed by atoms with E-state index >= 15 is 0 Å². The van der Waals surface area contributed by atoms with Crippen LogP contribution in [0.1, 0.15) is 30.9 Å². The average Bonchev–Trinajstić information content (AvgIpc) is 2.65. The maximum absolute atomic E-state index is 5.85. The minimum Gasteiger partial charge on any atom is -0.369 e. The first-order chi connectivity index (χ1) is 12.2. The van der Waals surface area contributed by atoms with Gasteiger partial charge in [0.15, 0.2) is 0 Å². The number of hydrogen-bond donors (Lipinski definition) is 2. The van der Waals surface area contributed by atoms with Crippen molar-refractivity contribution in [2.24, 2.45) is 15.8 Å². The van der Waals surface area contributed by atoms with Crippen molar-refractivity contribution >= 4 is 33.7 Å². The fourth-order valence-corrected chi connectivity index (χ4v) is 3.08. The lowest BCUT2D eigenvalue weighted by Gasteiger charge is -2.11. The number of rotatable bonds is 5. The minimum atomic E-state index is 0.352. The van der Waals surface area contributed by atoms with E-state index in [4.69, 9.17) is 5.73 Å². The van der Waals surface area contributed by atoms with E-state index in [1.807, 2.05) is 6.21 Å². The van der Waals surface area contributed by atoms with Gasteiger partial charge in [-0.15, -0.1) is 0 Å². The van der Waals surface area contributed by atoms with Gasteiger partial charge in [0, 0.05) is 12.1 Å². The molecule has 3 aromatic carbocycles. The van der Waals surface area contributed by atoms with Gasteiger partial charge < -0.3 is 5.73 Å². The third-order valence-corrected chi connectivity index (χ3v) is 4.41. The van der Waals surface area contributed by atoms with Crippen LogP contribution in [-0.4, -0.2) is 18.7 Å². The molecule has 0 heterocycles. The molecule has 0 saturated heterocycles. The molecule has 128 valence electrons. The summed E-state index contributed by atoms with van der Waals surface area (Å²) >= 11 is 0. The monoisotopic (exact) mass is 332 g/mol. The molecule has 0 radical (unpaired) electrons. The van der Waals surface area contributed by atoms with Gasteiger partial charge in [0.2, 0.25) is 5.96 Å². The van der Waals surface area contributed by atoms with Crippen molar-refractivity contribution in [2.45, 2.75) is 26.7 Å². The van der Waals surface area contributed by atoms with Gasteiger partial charge in [-0.25, -0.2) is 5.43 Å². The number of guanidine groups is 1. The fraction of sp³-hybridized carbons (Fsp3) is 0.238. The van der Waals surface area contributed by atoms with Crippen LogP contribution in [-0.2, 0) is 0 Å². The highest BCUT2D eigenvalue weighted by molar-refractivity contribution is 6.15. The molecule has 0 saturated carbocycles. The maximum Gasteiger partial charge on any atom is 0.209 e. The molecule has 0 aliphatic rings. The Morgan fingerprint density at radius 2 is 1.56 bits per heavy atom. The predicted molar refractivity (Wildman–Crippen MR) is 108 cm³/mol. The van der Waals surface area contributed by atoms with Crippen LogP contribution in [0.5, 0.6) is 0 Å². The number of aryl methyl sites for hydroxylation is 1. The molecule has 0 spiro atoms. The smallest absolute Gasteiger partial charge is 0.209 e. The van der Waals surface area contributed by atoms with Crippen molar-refractivity contribution in [3.8, 4) is 0 Å². The zero-order chi connectivity index (χ0) is 17.6. The molecular formula is C21H24N4. The third-order valence-electron chi connectivity index (χ3n) is 4.41. The van der Waals surface area contributed by atoms with Gasteiger partial charge in [-0.3, -0.25) is 4.99 Å². The highest BCUT2D eigenvalue weighted by Gasteiger charge is 2.09. The summed E-state index contributed by atoms with van der Waals surface area (Å²) in [5, 5.41) is 9.18. The summed E-state index contributed by atoms with van der Waals surface area (Å²) < 4.78 is 0. The average molecular weight is 332 g/mol. The van der Waals surface area contributed by atoms with E-state index in [0.717, 1.165) is 24.9 Å². The van der Waals surface area contributed by atoms with Gasteiger partial charge >= 0.3 is 0 Å². The second-order valence-corrected chi connectivity index (χ2v) is 6.12. The predicted octanol–water partition coefficient (Wildman–Crippen LogP) is 4.34. The second-order valence-electron chi connectivity index (χ2n) is 6.12. The normalized spacial score (nSPS) is 12.3. The molecule has 3 rings (SSSR count). The van der Waals surface area contributed by atoms with Crippen LogP contribution in [0.25, 0.3) is 21.5 Å². The van der Waals surface area contributed by atoms with E-state index < -0.39 is 0 Å². The summed E-state index contributed by atoms with van der Waals surface area (Å²) in [6.45, 7) is 5.02. The van der Waals surface area contributed by atoms with Gasteiger partial charge in [0.25, 0.3) is 0 Å². The number of unbranched alkanes of at least 4 members (excludes halogenated alkanes) is 1. The lowest BCUT2D eigenvalue weighted by molar-refractivity contribution is 0.800. The Hall–Kier alpha value is -2.88. The van der Waals surface area contributed by atoms with Gasteiger partial charge in [-0.05, 0) is 40.5 Å². The molecule has 0 aromatic heterocycles. The summed E-state index contributed by atoms with van der Waals surface area (Å²) in [7, 11) is 0. The number of nitrogens with zero attached hydrogens (tertiary/aromatic N) is 2. The number of fused-ring (bicyclic) bond motifs is 2. The first kappa shape index (κ1) is 17.0. The van der Waals surface area contributed by atoms with Crippen molar-refractivity contribution in [3.63, 3.8) is 0 Å². The number of nitrogens with one attached hydrogen (secondary N) is 1. The lowest BCUT2D eigenvalue weighted by Crippen LogP contribution is -2.27. The van der Waals surface area contributed by atoms with Gasteiger partial charge in [0.05, 0.1) is 6.21 Å². The first-order valence-electron chi connectivity index (χ1n) is 8.71. The zero-order valence-corrected chi connectivity index (χ0v) is 14.8. The van der Waals surface area contributed by atoms with E-state index in [9.17, 15) is 0 Å². The Bertz CT molecular complexity index is 884. The Labute approximate surface area is 148 Å². The molecule has 4 heteroatoms.